The Morgan fingerprint density at radius 2 is 2.24 bits per heavy atom. The molecular weight excluding hydrogens is 224 g/mol. The highest BCUT2D eigenvalue weighted by Gasteiger charge is 2.12. The summed E-state index contributed by atoms with van der Waals surface area (Å²) in [4.78, 5) is 10.1. The minimum atomic E-state index is -0.498. The van der Waals surface area contributed by atoms with Crippen LogP contribution in [0.25, 0.3) is 0 Å². The maximum atomic E-state index is 10.6. The molecule has 0 aliphatic carbocycles. The molecule has 1 aromatic rings. The van der Waals surface area contributed by atoms with Crippen molar-refractivity contribution in [3.8, 4) is 17.6 Å². The van der Waals surface area contributed by atoms with E-state index in [-0.39, 0.29) is 5.69 Å². The van der Waals surface area contributed by atoms with Crippen LogP contribution in [-0.4, -0.2) is 18.6 Å². The number of nitriles is 1. The van der Waals surface area contributed by atoms with Crippen LogP contribution < -0.4 is 9.47 Å². The molecule has 0 saturated heterocycles. The number of hydrogen-bond acceptors (Lipinski definition) is 5. The van der Waals surface area contributed by atoms with E-state index in [0.717, 1.165) is 0 Å². The molecular formula is C11H12N2O4. The molecule has 0 aliphatic rings. The maximum Gasteiger partial charge on any atom is 0.273 e. The van der Waals surface area contributed by atoms with E-state index in [2.05, 4.69) is 0 Å². The van der Waals surface area contributed by atoms with Gasteiger partial charge in [0.1, 0.15) is 0 Å². The second kappa shape index (κ2) is 6.33. The number of rotatable bonds is 6. The van der Waals surface area contributed by atoms with Crippen LogP contribution in [-0.2, 0) is 0 Å². The Bertz CT molecular complexity index is 440. The summed E-state index contributed by atoms with van der Waals surface area (Å²) in [7, 11) is 1.46. The first-order valence-electron chi connectivity index (χ1n) is 5.01. The Morgan fingerprint density at radius 1 is 1.47 bits per heavy atom. The molecule has 1 aromatic carbocycles. The quantitative estimate of drug-likeness (QED) is 0.429. The van der Waals surface area contributed by atoms with E-state index in [9.17, 15) is 10.1 Å². The van der Waals surface area contributed by atoms with Gasteiger partial charge in [-0.2, -0.15) is 5.26 Å². The zero-order chi connectivity index (χ0) is 12.7. The number of nitro groups is 1. The lowest BCUT2D eigenvalue weighted by Crippen LogP contribution is -2.00. The molecule has 0 fully saturated rings. The number of non-ortho nitro benzene ring substituents is 1. The summed E-state index contributed by atoms with van der Waals surface area (Å²) in [5.74, 6) is 0.757. The summed E-state index contributed by atoms with van der Waals surface area (Å²) in [5, 5.41) is 19.0. The van der Waals surface area contributed by atoms with Gasteiger partial charge >= 0.3 is 0 Å². The average Bonchev–Trinajstić information content (AvgIpc) is 2.34. The molecule has 0 aromatic heterocycles. The Morgan fingerprint density at radius 3 is 2.82 bits per heavy atom. The molecule has 0 saturated carbocycles. The second-order valence-corrected chi connectivity index (χ2v) is 3.20. The average molecular weight is 236 g/mol. The number of nitrogens with zero attached hydrogens (tertiary/aromatic N) is 2. The van der Waals surface area contributed by atoms with Crippen molar-refractivity contribution in [1.82, 2.24) is 0 Å². The zero-order valence-electron chi connectivity index (χ0n) is 9.38. The van der Waals surface area contributed by atoms with Gasteiger partial charge in [-0.25, -0.2) is 0 Å². The molecule has 6 heteroatoms. The lowest BCUT2D eigenvalue weighted by Gasteiger charge is -2.09. The lowest BCUT2D eigenvalue weighted by molar-refractivity contribution is -0.385. The Labute approximate surface area is 98.5 Å². The molecule has 0 aliphatic heterocycles. The number of nitro benzene ring substituents is 1. The fraction of sp³-hybridized carbons (Fsp3) is 0.364. The summed E-state index contributed by atoms with van der Waals surface area (Å²) in [6.07, 6.45) is 0.958. The molecule has 90 valence electrons. The number of benzene rings is 1. The lowest BCUT2D eigenvalue weighted by atomic mass is 10.3. The first-order valence-corrected chi connectivity index (χ1v) is 5.01. The van der Waals surface area contributed by atoms with Gasteiger partial charge in [0.25, 0.3) is 5.69 Å². The van der Waals surface area contributed by atoms with E-state index >= 15 is 0 Å². The SMILES string of the molecule is COc1ccc([N+](=O)[O-])cc1OCCCC#N. The van der Waals surface area contributed by atoms with E-state index in [4.69, 9.17) is 14.7 Å². The van der Waals surface area contributed by atoms with Gasteiger partial charge in [-0.3, -0.25) is 10.1 Å². The van der Waals surface area contributed by atoms with Gasteiger partial charge in [-0.15, -0.1) is 0 Å². The summed E-state index contributed by atoms with van der Waals surface area (Å²) in [6, 6.07) is 6.14. The Balaban J connectivity index is 2.76. The van der Waals surface area contributed by atoms with Crippen molar-refractivity contribution in [2.45, 2.75) is 12.8 Å². The fourth-order valence-corrected chi connectivity index (χ4v) is 1.23. The number of ether oxygens (including phenoxy) is 2. The molecule has 0 unspecified atom stereocenters. The van der Waals surface area contributed by atoms with E-state index < -0.39 is 4.92 Å². The normalized spacial score (nSPS) is 9.41. The van der Waals surface area contributed by atoms with Crippen molar-refractivity contribution in [2.75, 3.05) is 13.7 Å². The van der Waals surface area contributed by atoms with Crippen LogP contribution >= 0.6 is 0 Å². The third kappa shape index (κ3) is 3.65. The molecule has 0 amide bonds. The van der Waals surface area contributed by atoms with Crippen LogP contribution in [0.5, 0.6) is 11.5 Å². The predicted molar refractivity (Wildman–Crippen MR) is 60.0 cm³/mol. The molecule has 0 atom stereocenters. The van der Waals surface area contributed by atoms with Crippen molar-refractivity contribution in [3.63, 3.8) is 0 Å². The first-order chi connectivity index (χ1) is 8.19. The molecule has 1 rings (SSSR count). The van der Waals surface area contributed by atoms with Gasteiger partial charge in [0.05, 0.1) is 30.8 Å². The predicted octanol–water partition coefficient (Wildman–Crippen LogP) is 2.29. The summed E-state index contributed by atoms with van der Waals surface area (Å²) >= 11 is 0. The number of methoxy groups -OCH3 is 1. The fourth-order valence-electron chi connectivity index (χ4n) is 1.23. The highest BCUT2D eigenvalue weighted by atomic mass is 16.6. The third-order valence-corrected chi connectivity index (χ3v) is 2.05. The smallest absolute Gasteiger partial charge is 0.273 e. The largest absolute Gasteiger partial charge is 0.493 e. The number of unbranched alkanes of at least 4 members (excludes halogenated alkanes) is 1. The minimum Gasteiger partial charge on any atom is -0.493 e. The monoisotopic (exact) mass is 236 g/mol. The van der Waals surface area contributed by atoms with Crippen LogP contribution in [0, 0.1) is 21.4 Å². The highest BCUT2D eigenvalue weighted by molar-refractivity contribution is 5.48. The van der Waals surface area contributed by atoms with Crippen LogP contribution in [0.3, 0.4) is 0 Å². The van der Waals surface area contributed by atoms with Crippen LogP contribution in [0.4, 0.5) is 5.69 Å². The van der Waals surface area contributed by atoms with Crippen molar-refractivity contribution < 1.29 is 14.4 Å². The van der Waals surface area contributed by atoms with E-state index in [1.807, 2.05) is 6.07 Å². The zero-order valence-corrected chi connectivity index (χ0v) is 9.38. The molecule has 17 heavy (non-hydrogen) atoms. The summed E-state index contributed by atoms with van der Waals surface area (Å²) in [6.45, 7) is 0.324. The van der Waals surface area contributed by atoms with Gasteiger partial charge in [0.2, 0.25) is 0 Å². The molecule has 6 nitrogen and oxygen atoms in total. The van der Waals surface area contributed by atoms with Gasteiger partial charge < -0.3 is 9.47 Å². The Kier molecular flexibility index (Phi) is 4.76. The van der Waals surface area contributed by atoms with Crippen molar-refractivity contribution in [1.29, 1.82) is 5.26 Å². The molecule has 0 heterocycles. The van der Waals surface area contributed by atoms with Crippen LogP contribution in [0.1, 0.15) is 12.8 Å². The van der Waals surface area contributed by atoms with E-state index in [1.165, 1.54) is 25.3 Å². The van der Waals surface area contributed by atoms with Crippen molar-refractivity contribution >= 4 is 5.69 Å². The maximum absolute atomic E-state index is 10.6. The number of hydrogen-bond donors (Lipinski definition) is 0. The minimum absolute atomic E-state index is 0.0546. The second-order valence-electron chi connectivity index (χ2n) is 3.20. The van der Waals surface area contributed by atoms with Crippen LogP contribution in [0.2, 0.25) is 0 Å². The molecule has 0 spiro atoms. The van der Waals surface area contributed by atoms with Crippen molar-refractivity contribution in [2.24, 2.45) is 0 Å². The summed E-state index contributed by atoms with van der Waals surface area (Å²) in [5.41, 5.74) is -0.0546. The Hall–Kier alpha value is -2.29. The first kappa shape index (κ1) is 12.8. The van der Waals surface area contributed by atoms with E-state index in [1.54, 1.807) is 0 Å². The third-order valence-electron chi connectivity index (χ3n) is 2.05. The van der Waals surface area contributed by atoms with Crippen LogP contribution in [0.15, 0.2) is 18.2 Å². The standard InChI is InChI=1S/C11H12N2O4/c1-16-10-5-4-9(13(14)15)8-11(10)17-7-3-2-6-12/h4-5,8H,2-3,7H2,1H3. The molecule has 0 bridgehead atoms. The van der Waals surface area contributed by atoms with Gasteiger partial charge in [-0.05, 0) is 12.5 Å². The van der Waals surface area contributed by atoms with Gasteiger partial charge in [0.15, 0.2) is 11.5 Å². The van der Waals surface area contributed by atoms with E-state index in [0.29, 0.717) is 30.9 Å². The van der Waals surface area contributed by atoms with Gasteiger partial charge in [-0.1, -0.05) is 0 Å². The molecule has 0 N–H and O–H groups in total. The topological polar surface area (TPSA) is 85.4 Å². The highest BCUT2D eigenvalue weighted by Crippen LogP contribution is 2.31. The van der Waals surface area contributed by atoms with Crippen molar-refractivity contribution in [3.05, 3.63) is 28.3 Å². The van der Waals surface area contributed by atoms with Gasteiger partial charge in [0, 0.05) is 12.5 Å². The summed E-state index contributed by atoms with van der Waals surface area (Å²) < 4.78 is 10.4. The molecule has 0 radical (unpaired) electrons.